The number of aromatic carboxylic acids is 1. The number of carboxylic acid groups (broad SMARTS) is 1. The van der Waals surface area contributed by atoms with Gasteiger partial charge in [0, 0.05) is 25.1 Å². The van der Waals surface area contributed by atoms with Gasteiger partial charge in [-0.1, -0.05) is 13.8 Å². The minimum atomic E-state index is -1.05. The van der Waals surface area contributed by atoms with Crippen LogP contribution in [0.1, 0.15) is 42.6 Å². The van der Waals surface area contributed by atoms with Crippen LogP contribution in [0.3, 0.4) is 0 Å². The SMILES string of the molecule is CCN(CC)CCc1cc(NC(=O)ON2C(=O)CCC2=O)ccc1C(=O)O. The smallest absolute Gasteiger partial charge is 0.436 e. The summed E-state index contributed by atoms with van der Waals surface area (Å²) in [7, 11) is 0. The minimum Gasteiger partial charge on any atom is -0.478 e. The van der Waals surface area contributed by atoms with Crippen molar-refractivity contribution >= 4 is 29.6 Å². The van der Waals surface area contributed by atoms with Gasteiger partial charge >= 0.3 is 12.1 Å². The van der Waals surface area contributed by atoms with Gasteiger partial charge in [-0.05, 0) is 43.3 Å². The predicted molar refractivity (Wildman–Crippen MR) is 96.1 cm³/mol. The molecule has 0 aliphatic carbocycles. The van der Waals surface area contributed by atoms with E-state index in [-0.39, 0.29) is 18.4 Å². The summed E-state index contributed by atoms with van der Waals surface area (Å²) < 4.78 is 0. The zero-order valence-electron chi connectivity index (χ0n) is 15.4. The molecule has 9 heteroatoms. The van der Waals surface area contributed by atoms with E-state index in [0.29, 0.717) is 29.3 Å². The molecule has 0 unspecified atom stereocenters. The van der Waals surface area contributed by atoms with Crippen LogP contribution in [0.5, 0.6) is 0 Å². The monoisotopic (exact) mass is 377 g/mol. The number of nitrogens with one attached hydrogen (secondary N) is 1. The van der Waals surface area contributed by atoms with E-state index >= 15 is 0 Å². The molecule has 9 nitrogen and oxygen atoms in total. The Balaban J connectivity index is 2.09. The van der Waals surface area contributed by atoms with Crippen LogP contribution in [0.2, 0.25) is 0 Å². The number of carboxylic acids is 1. The number of hydroxylamine groups is 2. The molecular weight excluding hydrogens is 354 g/mol. The highest BCUT2D eigenvalue weighted by atomic mass is 16.7. The molecule has 0 aromatic heterocycles. The number of hydrogen-bond donors (Lipinski definition) is 2. The number of benzene rings is 1. The van der Waals surface area contributed by atoms with Crippen LogP contribution < -0.4 is 5.32 Å². The zero-order chi connectivity index (χ0) is 20.0. The first-order chi connectivity index (χ1) is 12.8. The highest BCUT2D eigenvalue weighted by Gasteiger charge is 2.32. The van der Waals surface area contributed by atoms with Crippen molar-refractivity contribution in [3.63, 3.8) is 0 Å². The first-order valence-electron chi connectivity index (χ1n) is 8.79. The van der Waals surface area contributed by atoms with E-state index in [1.807, 2.05) is 13.8 Å². The molecule has 0 atom stereocenters. The number of likely N-dealkylation sites (N-methyl/N-ethyl adjacent to an activating group) is 1. The third kappa shape index (κ3) is 5.27. The van der Waals surface area contributed by atoms with Crippen LogP contribution >= 0.6 is 0 Å². The molecule has 2 N–H and O–H groups in total. The Morgan fingerprint density at radius 2 is 1.81 bits per heavy atom. The highest BCUT2D eigenvalue weighted by Crippen LogP contribution is 2.19. The summed E-state index contributed by atoms with van der Waals surface area (Å²) in [4.78, 5) is 53.3. The van der Waals surface area contributed by atoms with E-state index in [0.717, 1.165) is 13.1 Å². The molecule has 1 fully saturated rings. The van der Waals surface area contributed by atoms with Gasteiger partial charge in [0.05, 0.1) is 5.56 Å². The van der Waals surface area contributed by atoms with Gasteiger partial charge < -0.3 is 14.8 Å². The van der Waals surface area contributed by atoms with Gasteiger partial charge in [-0.15, -0.1) is 5.06 Å². The van der Waals surface area contributed by atoms with Crippen molar-refractivity contribution in [3.8, 4) is 0 Å². The van der Waals surface area contributed by atoms with Gasteiger partial charge in [-0.25, -0.2) is 9.59 Å². The zero-order valence-corrected chi connectivity index (χ0v) is 15.4. The van der Waals surface area contributed by atoms with Crippen LogP contribution in [-0.2, 0) is 20.8 Å². The van der Waals surface area contributed by atoms with Crippen molar-refractivity contribution in [3.05, 3.63) is 29.3 Å². The molecule has 1 aromatic rings. The lowest BCUT2D eigenvalue weighted by molar-refractivity contribution is -0.170. The summed E-state index contributed by atoms with van der Waals surface area (Å²) in [6.07, 6.45) is -0.475. The Bertz CT molecular complexity index is 729. The second kappa shape index (κ2) is 9.13. The van der Waals surface area contributed by atoms with Gasteiger partial charge in [0.15, 0.2) is 0 Å². The summed E-state index contributed by atoms with van der Waals surface area (Å²) in [5.41, 5.74) is 1.05. The van der Waals surface area contributed by atoms with Crippen LogP contribution in [0.25, 0.3) is 0 Å². The van der Waals surface area contributed by atoms with Gasteiger partial charge in [0.1, 0.15) is 0 Å². The first kappa shape index (κ1) is 20.4. The lowest BCUT2D eigenvalue weighted by Crippen LogP contribution is -2.34. The maximum absolute atomic E-state index is 11.9. The maximum atomic E-state index is 11.9. The Hall–Kier alpha value is -2.94. The standard InChI is InChI=1S/C18H23N3O6/c1-3-20(4-2)10-9-12-11-13(5-6-14(12)17(24)25)19-18(26)27-21-15(22)7-8-16(21)23/h5-6,11H,3-4,7-10H2,1-2H3,(H,19,26)(H,24,25). The Morgan fingerprint density at radius 1 is 1.19 bits per heavy atom. The largest absolute Gasteiger partial charge is 0.478 e. The molecule has 27 heavy (non-hydrogen) atoms. The molecule has 0 radical (unpaired) electrons. The summed E-state index contributed by atoms with van der Waals surface area (Å²) in [6, 6.07) is 4.39. The molecule has 2 rings (SSSR count). The molecule has 1 saturated heterocycles. The molecule has 0 spiro atoms. The molecule has 146 valence electrons. The second-order valence-corrected chi connectivity index (χ2v) is 6.04. The number of carbonyl (C=O) groups excluding carboxylic acids is 3. The summed E-state index contributed by atoms with van der Waals surface area (Å²) in [5, 5.41) is 12.2. The van der Waals surface area contributed by atoms with Gasteiger partial charge in [0.25, 0.3) is 11.8 Å². The van der Waals surface area contributed by atoms with Crippen molar-refractivity contribution in [2.75, 3.05) is 25.0 Å². The highest BCUT2D eigenvalue weighted by molar-refractivity contribution is 6.02. The molecular formula is C18H23N3O6. The van der Waals surface area contributed by atoms with Crippen molar-refractivity contribution in [1.82, 2.24) is 9.96 Å². The molecule has 1 aliphatic heterocycles. The number of rotatable bonds is 8. The fourth-order valence-electron chi connectivity index (χ4n) is 2.79. The van der Waals surface area contributed by atoms with Crippen LogP contribution in [0.4, 0.5) is 10.5 Å². The van der Waals surface area contributed by atoms with Crippen molar-refractivity contribution in [2.24, 2.45) is 0 Å². The minimum absolute atomic E-state index is 0.00886. The molecule has 1 aliphatic rings. The average Bonchev–Trinajstić information content (AvgIpc) is 2.94. The van der Waals surface area contributed by atoms with E-state index in [9.17, 15) is 24.3 Å². The predicted octanol–water partition coefficient (Wildman–Crippen LogP) is 1.88. The van der Waals surface area contributed by atoms with Crippen molar-refractivity contribution in [2.45, 2.75) is 33.1 Å². The van der Waals surface area contributed by atoms with E-state index < -0.39 is 23.9 Å². The van der Waals surface area contributed by atoms with E-state index in [2.05, 4.69) is 10.2 Å². The lowest BCUT2D eigenvalue weighted by Gasteiger charge is -2.19. The third-order valence-corrected chi connectivity index (χ3v) is 4.35. The maximum Gasteiger partial charge on any atom is 0.436 e. The van der Waals surface area contributed by atoms with E-state index in [1.165, 1.54) is 12.1 Å². The van der Waals surface area contributed by atoms with Crippen LogP contribution in [0, 0.1) is 0 Å². The van der Waals surface area contributed by atoms with Crippen LogP contribution in [-0.4, -0.2) is 58.6 Å². The summed E-state index contributed by atoms with van der Waals surface area (Å²) >= 11 is 0. The Morgan fingerprint density at radius 3 is 2.37 bits per heavy atom. The number of carbonyl (C=O) groups is 4. The number of hydrogen-bond acceptors (Lipinski definition) is 6. The van der Waals surface area contributed by atoms with Crippen molar-refractivity contribution in [1.29, 1.82) is 0 Å². The quantitative estimate of drug-likeness (QED) is 0.664. The van der Waals surface area contributed by atoms with Gasteiger partial charge in [-0.2, -0.15) is 0 Å². The van der Waals surface area contributed by atoms with Gasteiger partial charge in [0.2, 0.25) is 0 Å². The lowest BCUT2D eigenvalue weighted by atomic mass is 10.0. The fourth-order valence-corrected chi connectivity index (χ4v) is 2.79. The summed E-state index contributed by atoms with van der Waals surface area (Å²) in [5.74, 6) is -2.19. The third-order valence-electron chi connectivity index (χ3n) is 4.35. The summed E-state index contributed by atoms with van der Waals surface area (Å²) in [6.45, 7) is 6.42. The first-order valence-corrected chi connectivity index (χ1v) is 8.79. The fraction of sp³-hybridized carbons (Fsp3) is 0.444. The van der Waals surface area contributed by atoms with Crippen molar-refractivity contribution < 1.29 is 29.1 Å². The number of imide groups is 1. The molecule has 0 saturated carbocycles. The molecule has 0 bridgehead atoms. The Labute approximate surface area is 156 Å². The molecule has 1 aromatic carbocycles. The second-order valence-electron chi connectivity index (χ2n) is 6.04. The van der Waals surface area contributed by atoms with Gasteiger partial charge in [-0.3, -0.25) is 14.9 Å². The average molecular weight is 377 g/mol. The number of amides is 3. The number of anilines is 1. The molecule has 3 amide bonds. The van der Waals surface area contributed by atoms with Crippen LogP contribution in [0.15, 0.2) is 18.2 Å². The van der Waals surface area contributed by atoms with E-state index in [1.54, 1.807) is 6.07 Å². The Kier molecular flexibility index (Phi) is 6.89. The normalized spacial score (nSPS) is 14.0. The number of nitrogens with zero attached hydrogens (tertiary/aromatic N) is 2. The molecule has 1 heterocycles. The van der Waals surface area contributed by atoms with E-state index in [4.69, 9.17) is 4.84 Å². The topological polar surface area (TPSA) is 116 Å².